The van der Waals surface area contributed by atoms with Crippen LogP contribution in [-0.2, 0) is 11.3 Å². The summed E-state index contributed by atoms with van der Waals surface area (Å²) in [5, 5.41) is 5.70. The highest BCUT2D eigenvalue weighted by molar-refractivity contribution is 5.97. The molecule has 34 heavy (non-hydrogen) atoms. The zero-order valence-corrected chi connectivity index (χ0v) is 18.6. The Balaban J connectivity index is 1.44. The van der Waals surface area contributed by atoms with Crippen molar-refractivity contribution in [2.75, 3.05) is 13.1 Å². The van der Waals surface area contributed by atoms with Crippen LogP contribution in [0, 0.1) is 11.7 Å². The van der Waals surface area contributed by atoms with Gasteiger partial charge in [0, 0.05) is 18.7 Å². The van der Waals surface area contributed by atoms with Crippen LogP contribution in [0.2, 0.25) is 0 Å². The molecule has 0 bridgehead atoms. The molecule has 2 heterocycles. The SMILES string of the molecule is O=C(NC(C(=O)NCc1ccco1)C1CCN(C(=O)c2ccccc2F)CC1)c1ccccc1. The van der Waals surface area contributed by atoms with E-state index in [2.05, 4.69) is 10.6 Å². The first-order chi connectivity index (χ1) is 16.5. The Morgan fingerprint density at radius 2 is 1.68 bits per heavy atom. The second-order valence-corrected chi connectivity index (χ2v) is 8.22. The van der Waals surface area contributed by atoms with Gasteiger partial charge in [-0.1, -0.05) is 30.3 Å². The summed E-state index contributed by atoms with van der Waals surface area (Å²) in [6.07, 6.45) is 2.51. The summed E-state index contributed by atoms with van der Waals surface area (Å²) in [7, 11) is 0. The number of nitrogens with zero attached hydrogens (tertiary/aromatic N) is 1. The molecule has 4 rings (SSSR count). The second-order valence-electron chi connectivity index (χ2n) is 8.22. The van der Waals surface area contributed by atoms with Gasteiger partial charge in [-0.25, -0.2) is 4.39 Å². The highest BCUT2D eigenvalue weighted by Crippen LogP contribution is 2.24. The fraction of sp³-hybridized carbons (Fsp3) is 0.269. The van der Waals surface area contributed by atoms with Crippen molar-refractivity contribution in [1.82, 2.24) is 15.5 Å². The molecular formula is C26H26FN3O4. The lowest BCUT2D eigenvalue weighted by Crippen LogP contribution is -2.53. The van der Waals surface area contributed by atoms with Gasteiger partial charge < -0.3 is 20.0 Å². The van der Waals surface area contributed by atoms with Crippen molar-refractivity contribution in [2.24, 2.45) is 5.92 Å². The molecule has 2 N–H and O–H groups in total. The Morgan fingerprint density at radius 1 is 0.971 bits per heavy atom. The number of carbonyl (C=O) groups excluding carboxylic acids is 3. The van der Waals surface area contributed by atoms with Crippen LogP contribution in [0.1, 0.15) is 39.3 Å². The van der Waals surface area contributed by atoms with Crippen LogP contribution >= 0.6 is 0 Å². The largest absolute Gasteiger partial charge is 0.467 e. The quantitative estimate of drug-likeness (QED) is 0.562. The van der Waals surface area contributed by atoms with Crippen LogP contribution in [0.4, 0.5) is 4.39 Å². The number of halogens is 1. The van der Waals surface area contributed by atoms with Crippen molar-refractivity contribution in [3.05, 3.63) is 95.7 Å². The summed E-state index contributed by atoms with van der Waals surface area (Å²) >= 11 is 0. The molecule has 1 fully saturated rings. The third kappa shape index (κ3) is 5.51. The van der Waals surface area contributed by atoms with Gasteiger partial charge in [-0.2, -0.15) is 0 Å². The van der Waals surface area contributed by atoms with Gasteiger partial charge in [0.2, 0.25) is 5.91 Å². The monoisotopic (exact) mass is 463 g/mol. The van der Waals surface area contributed by atoms with Crippen LogP contribution in [0.3, 0.4) is 0 Å². The van der Waals surface area contributed by atoms with E-state index in [0.29, 0.717) is 37.3 Å². The molecule has 0 saturated carbocycles. The van der Waals surface area contributed by atoms with Gasteiger partial charge >= 0.3 is 0 Å². The summed E-state index contributed by atoms with van der Waals surface area (Å²) < 4.78 is 19.3. The number of benzene rings is 2. The van der Waals surface area contributed by atoms with E-state index in [9.17, 15) is 18.8 Å². The fourth-order valence-corrected chi connectivity index (χ4v) is 4.15. The van der Waals surface area contributed by atoms with Crippen LogP contribution in [-0.4, -0.2) is 41.8 Å². The van der Waals surface area contributed by atoms with Crippen molar-refractivity contribution in [2.45, 2.75) is 25.4 Å². The first-order valence-electron chi connectivity index (χ1n) is 11.2. The smallest absolute Gasteiger partial charge is 0.256 e. The average Bonchev–Trinajstić information content (AvgIpc) is 3.40. The summed E-state index contributed by atoms with van der Waals surface area (Å²) in [6.45, 7) is 0.927. The number of hydrogen-bond acceptors (Lipinski definition) is 4. The van der Waals surface area contributed by atoms with E-state index in [-0.39, 0.29) is 35.7 Å². The van der Waals surface area contributed by atoms with Crippen LogP contribution < -0.4 is 10.6 Å². The topological polar surface area (TPSA) is 91.7 Å². The number of likely N-dealkylation sites (tertiary alicyclic amines) is 1. The van der Waals surface area contributed by atoms with Crippen LogP contribution in [0.5, 0.6) is 0 Å². The van der Waals surface area contributed by atoms with E-state index in [1.165, 1.54) is 18.4 Å². The molecule has 1 aromatic heterocycles. The van der Waals surface area contributed by atoms with Gasteiger partial charge in [0.15, 0.2) is 0 Å². The minimum atomic E-state index is -0.784. The van der Waals surface area contributed by atoms with Gasteiger partial charge in [0.25, 0.3) is 11.8 Å². The first kappa shape index (κ1) is 23.2. The van der Waals surface area contributed by atoms with E-state index in [1.54, 1.807) is 53.4 Å². The maximum Gasteiger partial charge on any atom is 0.256 e. The van der Waals surface area contributed by atoms with Crippen molar-refractivity contribution >= 4 is 17.7 Å². The van der Waals surface area contributed by atoms with Gasteiger partial charge in [-0.05, 0) is 55.2 Å². The molecule has 1 atom stereocenters. The molecule has 1 saturated heterocycles. The minimum Gasteiger partial charge on any atom is -0.467 e. The van der Waals surface area contributed by atoms with Crippen molar-refractivity contribution in [3.63, 3.8) is 0 Å². The lowest BCUT2D eigenvalue weighted by molar-refractivity contribution is -0.124. The molecule has 3 amide bonds. The summed E-state index contributed by atoms with van der Waals surface area (Å²) in [6, 6.07) is 17.3. The van der Waals surface area contributed by atoms with Gasteiger partial charge in [-0.15, -0.1) is 0 Å². The minimum absolute atomic E-state index is 0.0334. The standard InChI is InChI=1S/C26H26FN3O4/c27-22-11-5-4-10-21(22)26(33)30-14-12-18(13-15-30)23(25(32)28-17-20-9-6-16-34-20)29-24(31)19-7-2-1-3-8-19/h1-11,16,18,23H,12-15,17H2,(H,28,32)(H,29,31). The summed E-state index contributed by atoms with van der Waals surface area (Å²) in [5.41, 5.74) is 0.490. The first-order valence-corrected chi connectivity index (χ1v) is 11.2. The van der Waals surface area contributed by atoms with Gasteiger partial charge in [-0.3, -0.25) is 14.4 Å². The average molecular weight is 464 g/mol. The second kappa shape index (κ2) is 10.8. The molecule has 1 unspecified atom stereocenters. The number of carbonyl (C=O) groups is 3. The van der Waals surface area contributed by atoms with Crippen molar-refractivity contribution < 1.29 is 23.2 Å². The predicted molar refractivity (Wildman–Crippen MR) is 123 cm³/mol. The summed E-state index contributed by atoms with van der Waals surface area (Å²) in [4.78, 5) is 40.2. The zero-order chi connectivity index (χ0) is 23.9. The zero-order valence-electron chi connectivity index (χ0n) is 18.6. The third-order valence-electron chi connectivity index (χ3n) is 6.02. The molecule has 8 heteroatoms. The number of furan rings is 1. The number of hydrogen-bond donors (Lipinski definition) is 2. The van der Waals surface area contributed by atoms with Crippen molar-refractivity contribution in [3.8, 4) is 0 Å². The van der Waals surface area contributed by atoms with Crippen LogP contribution in [0.15, 0.2) is 77.4 Å². The fourth-order valence-electron chi connectivity index (χ4n) is 4.15. The van der Waals surface area contributed by atoms with E-state index >= 15 is 0 Å². The molecular weight excluding hydrogens is 437 g/mol. The lowest BCUT2D eigenvalue weighted by atomic mass is 9.88. The maximum absolute atomic E-state index is 14.1. The molecule has 1 aliphatic rings. The van der Waals surface area contributed by atoms with E-state index in [4.69, 9.17) is 4.42 Å². The highest BCUT2D eigenvalue weighted by atomic mass is 19.1. The normalized spacial score (nSPS) is 14.9. The highest BCUT2D eigenvalue weighted by Gasteiger charge is 2.34. The Morgan fingerprint density at radius 3 is 2.35 bits per heavy atom. The Hall–Kier alpha value is -3.94. The molecule has 0 spiro atoms. The molecule has 7 nitrogen and oxygen atoms in total. The molecule has 0 radical (unpaired) electrons. The van der Waals surface area contributed by atoms with Crippen molar-refractivity contribution in [1.29, 1.82) is 0 Å². The van der Waals surface area contributed by atoms with Gasteiger partial charge in [0.1, 0.15) is 17.6 Å². The van der Waals surface area contributed by atoms with E-state index in [1.807, 2.05) is 6.07 Å². The molecule has 2 aromatic carbocycles. The summed E-state index contributed by atoms with van der Waals surface area (Å²) in [5.74, 6) is -1.17. The molecule has 1 aliphatic heterocycles. The van der Waals surface area contributed by atoms with E-state index in [0.717, 1.165) is 0 Å². The Bertz CT molecular complexity index is 1130. The predicted octanol–water partition coefficient (Wildman–Crippen LogP) is 3.39. The van der Waals surface area contributed by atoms with Crippen LogP contribution in [0.25, 0.3) is 0 Å². The molecule has 0 aliphatic carbocycles. The lowest BCUT2D eigenvalue weighted by Gasteiger charge is -2.36. The Kier molecular flexibility index (Phi) is 7.37. The number of nitrogens with one attached hydrogen (secondary N) is 2. The molecule has 3 aromatic rings. The Labute approximate surface area is 196 Å². The number of rotatable bonds is 7. The maximum atomic E-state index is 14.1. The van der Waals surface area contributed by atoms with E-state index < -0.39 is 11.9 Å². The molecule has 176 valence electrons. The third-order valence-corrected chi connectivity index (χ3v) is 6.02. The van der Waals surface area contributed by atoms with Gasteiger partial charge in [0.05, 0.1) is 18.4 Å². The number of amides is 3. The number of piperidine rings is 1.